The lowest BCUT2D eigenvalue weighted by Crippen LogP contribution is -2.37. The first kappa shape index (κ1) is 15.4. The monoisotopic (exact) mass is 348 g/mol. The highest BCUT2D eigenvalue weighted by Gasteiger charge is 2.37. The predicted molar refractivity (Wildman–Crippen MR) is 88.6 cm³/mol. The van der Waals surface area contributed by atoms with Crippen molar-refractivity contribution in [3.05, 3.63) is 30.2 Å². The van der Waals surface area contributed by atoms with Gasteiger partial charge < -0.3 is 4.74 Å². The van der Waals surface area contributed by atoms with Crippen LogP contribution < -0.4 is 9.04 Å². The SMILES string of the molecule is CC1(C)COc2c(S(=O)(=O)N3CCCc4ncccc43)cnn2C1. The molecule has 2 aromatic rings. The summed E-state index contributed by atoms with van der Waals surface area (Å²) in [6.45, 7) is 5.68. The van der Waals surface area contributed by atoms with Gasteiger partial charge in [0.2, 0.25) is 5.88 Å². The molecule has 0 radical (unpaired) electrons. The molecule has 0 bridgehead atoms. The third kappa shape index (κ3) is 2.36. The zero-order valence-electron chi connectivity index (χ0n) is 13.8. The molecule has 128 valence electrons. The number of ether oxygens (including phenoxy) is 1. The van der Waals surface area contributed by atoms with Gasteiger partial charge in [-0.15, -0.1) is 0 Å². The van der Waals surface area contributed by atoms with Crippen LogP contribution in [0.1, 0.15) is 26.0 Å². The Morgan fingerprint density at radius 3 is 3.00 bits per heavy atom. The number of fused-ring (bicyclic) bond motifs is 2. The van der Waals surface area contributed by atoms with E-state index in [0.717, 1.165) is 18.5 Å². The standard InChI is InChI=1S/C16H20N4O3S/c1-16(2)10-19-15(23-11-16)14(9-18-19)24(21,22)20-8-4-5-12-13(20)6-3-7-17-12/h3,6-7,9H,4-5,8,10-11H2,1-2H3. The fourth-order valence-electron chi connectivity index (χ4n) is 3.24. The number of anilines is 1. The second-order valence-electron chi connectivity index (χ2n) is 7.07. The van der Waals surface area contributed by atoms with E-state index in [0.29, 0.717) is 31.3 Å². The molecule has 2 aromatic heterocycles. The maximum Gasteiger partial charge on any atom is 0.271 e. The van der Waals surface area contributed by atoms with Crippen LogP contribution in [-0.2, 0) is 23.0 Å². The average molecular weight is 348 g/mol. The van der Waals surface area contributed by atoms with Crippen molar-refractivity contribution in [1.82, 2.24) is 14.8 Å². The first-order valence-electron chi connectivity index (χ1n) is 8.04. The molecule has 0 unspecified atom stereocenters. The fraction of sp³-hybridized carbons (Fsp3) is 0.500. The van der Waals surface area contributed by atoms with E-state index in [9.17, 15) is 8.42 Å². The molecule has 2 aliphatic heterocycles. The molecule has 0 spiro atoms. The molecule has 0 aromatic carbocycles. The fourth-order valence-corrected chi connectivity index (χ4v) is 4.83. The van der Waals surface area contributed by atoms with Gasteiger partial charge in [0.25, 0.3) is 10.0 Å². The number of hydrogen-bond donors (Lipinski definition) is 0. The molecule has 8 heteroatoms. The van der Waals surface area contributed by atoms with Crippen molar-refractivity contribution in [1.29, 1.82) is 0 Å². The summed E-state index contributed by atoms with van der Waals surface area (Å²) in [7, 11) is -3.73. The van der Waals surface area contributed by atoms with Crippen LogP contribution in [0.5, 0.6) is 5.88 Å². The Kier molecular flexibility index (Phi) is 3.35. The number of aryl methyl sites for hydroxylation is 1. The van der Waals surface area contributed by atoms with E-state index in [-0.39, 0.29) is 10.3 Å². The summed E-state index contributed by atoms with van der Waals surface area (Å²) >= 11 is 0. The first-order chi connectivity index (χ1) is 11.4. The Bertz CT molecular complexity index is 888. The highest BCUT2D eigenvalue weighted by molar-refractivity contribution is 7.93. The number of sulfonamides is 1. The topological polar surface area (TPSA) is 77.3 Å². The quantitative estimate of drug-likeness (QED) is 0.827. The number of nitrogens with zero attached hydrogens (tertiary/aromatic N) is 4. The lowest BCUT2D eigenvalue weighted by Gasteiger charge is -2.32. The van der Waals surface area contributed by atoms with Gasteiger partial charge >= 0.3 is 0 Å². The van der Waals surface area contributed by atoms with Crippen LogP contribution >= 0.6 is 0 Å². The molecule has 0 saturated heterocycles. The van der Waals surface area contributed by atoms with Crippen molar-refractivity contribution in [2.45, 2.75) is 38.1 Å². The second-order valence-corrected chi connectivity index (χ2v) is 8.91. The van der Waals surface area contributed by atoms with Gasteiger partial charge in [-0.05, 0) is 25.0 Å². The van der Waals surface area contributed by atoms with E-state index in [2.05, 4.69) is 23.9 Å². The van der Waals surface area contributed by atoms with Crippen LogP contribution in [0.4, 0.5) is 5.69 Å². The van der Waals surface area contributed by atoms with E-state index in [1.807, 2.05) is 0 Å². The molecule has 7 nitrogen and oxygen atoms in total. The predicted octanol–water partition coefficient (Wildman–Crippen LogP) is 1.84. The van der Waals surface area contributed by atoms with Crippen molar-refractivity contribution in [3.63, 3.8) is 0 Å². The molecule has 2 aliphatic rings. The summed E-state index contributed by atoms with van der Waals surface area (Å²) in [5, 5.41) is 4.24. The van der Waals surface area contributed by atoms with Crippen LogP contribution in [0.25, 0.3) is 0 Å². The van der Waals surface area contributed by atoms with Gasteiger partial charge in [0.05, 0.1) is 30.7 Å². The molecule has 0 amide bonds. The summed E-state index contributed by atoms with van der Waals surface area (Å²) in [5.74, 6) is 0.338. The number of aromatic nitrogens is 3. The van der Waals surface area contributed by atoms with E-state index in [1.54, 1.807) is 23.0 Å². The van der Waals surface area contributed by atoms with Crippen molar-refractivity contribution >= 4 is 15.7 Å². The number of rotatable bonds is 2. The summed E-state index contributed by atoms with van der Waals surface area (Å²) in [4.78, 5) is 4.45. The molecule has 4 rings (SSSR count). The smallest absolute Gasteiger partial charge is 0.271 e. The zero-order valence-corrected chi connectivity index (χ0v) is 14.6. The van der Waals surface area contributed by atoms with Gasteiger partial charge in [0, 0.05) is 18.2 Å². The molecular weight excluding hydrogens is 328 g/mol. The lowest BCUT2D eigenvalue weighted by atomic mass is 9.94. The molecule has 0 aliphatic carbocycles. The molecule has 24 heavy (non-hydrogen) atoms. The van der Waals surface area contributed by atoms with Crippen LogP contribution in [0.15, 0.2) is 29.4 Å². The van der Waals surface area contributed by atoms with Crippen molar-refractivity contribution < 1.29 is 13.2 Å². The Hall–Kier alpha value is -2.09. The summed E-state index contributed by atoms with van der Waals surface area (Å²) in [5.41, 5.74) is 1.40. The largest absolute Gasteiger partial charge is 0.476 e. The second kappa shape index (κ2) is 5.20. The third-order valence-electron chi connectivity index (χ3n) is 4.41. The lowest BCUT2D eigenvalue weighted by molar-refractivity contribution is 0.0971. The third-order valence-corrected chi connectivity index (χ3v) is 6.21. The van der Waals surface area contributed by atoms with Crippen molar-refractivity contribution in [2.24, 2.45) is 5.41 Å². The molecule has 4 heterocycles. The summed E-state index contributed by atoms with van der Waals surface area (Å²) < 4.78 is 35.2. The van der Waals surface area contributed by atoms with Gasteiger partial charge in [0.1, 0.15) is 0 Å². The molecule has 0 N–H and O–H groups in total. The van der Waals surface area contributed by atoms with Crippen molar-refractivity contribution in [2.75, 3.05) is 17.5 Å². The van der Waals surface area contributed by atoms with E-state index >= 15 is 0 Å². The van der Waals surface area contributed by atoms with Gasteiger partial charge in [-0.3, -0.25) is 9.29 Å². The minimum Gasteiger partial charge on any atom is -0.476 e. The Morgan fingerprint density at radius 2 is 2.17 bits per heavy atom. The van der Waals surface area contributed by atoms with Crippen molar-refractivity contribution in [3.8, 4) is 5.88 Å². The van der Waals surface area contributed by atoms with Crippen LogP contribution in [0, 0.1) is 5.41 Å². The maximum atomic E-state index is 13.2. The first-order valence-corrected chi connectivity index (χ1v) is 9.48. The van der Waals surface area contributed by atoms with Gasteiger partial charge in [0.15, 0.2) is 4.90 Å². The van der Waals surface area contributed by atoms with Crippen LogP contribution in [-0.4, -0.2) is 36.3 Å². The van der Waals surface area contributed by atoms with E-state index < -0.39 is 10.0 Å². The molecular formula is C16H20N4O3S. The highest BCUT2D eigenvalue weighted by Crippen LogP contribution is 2.37. The van der Waals surface area contributed by atoms with Crippen LogP contribution in [0.3, 0.4) is 0 Å². The zero-order chi connectivity index (χ0) is 16.9. The molecule has 0 atom stereocenters. The highest BCUT2D eigenvalue weighted by atomic mass is 32.2. The van der Waals surface area contributed by atoms with E-state index in [4.69, 9.17) is 4.74 Å². The summed E-state index contributed by atoms with van der Waals surface area (Å²) in [6.07, 6.45) is 4.64. The van der Waals surface area contributed by atoms with Crippen LogP contribution in [0.2, 0.25) is 0 Å². The average Bonchev–Trinajstić information content (AvgIpc) is 2.96. The Labute approximate surface area is 141 Å². The summed E-state index contributed by atoms with van der Waals surface area (Å²) in [6, 6.07) is 3.57. The normalized spacial score (nSPS) is 19.3. The molecule has 0 fully saturated rings. The number of pyridine rings is 1. The minimum absolute atomic E-state index is 0.0678. The number of hydrogen-bond acceptors (Lipinski definition) is 5. The Balaban J connectivity index is 1.77. The minimum atomic E-state index is -3.73. The van der Waals surface area contributed by atoms with E-state index in [1.165, 1.54) is 10.5 Å². The van der Waals surface area contributed by atoms with Gasteiger partial charge in [-0.1, -0.05) is 13.8 Å². The Morgan fingerprint density at radius 1 is 1.33 bits per heavy atom. The maximum absolute atomic E-state index is 13.2. The molecule has 0 saturated carbocycles. The van der Waals surface area contributed by atoms with Gasteiger partial charge in [-0.25, -0.2) is 13.1 Å². The van der Waals surface area contributed by atoms with Gasteiger partial charge in [-0.2, -0.15) is 5.10 Å².